The van der Waals surface area contributed by atoms with E-state index in [1.807, 2.05) is 13.8 Å². The Morgan fingerprint density at radius 1 is 0.532 bits per heavy atom. The number of guanidine groups is 3. The van der Waals surface area contributed by atoms with Crippen molar-refractivity contribution >= 4 is 84.5 Å². The third kappa shape index (κ3) is 23.7. The minimum absolute atomic E-state index is 0.0102. The molecule has 0 radical (unpaired) electrons. The molecule has 0 unspecified atom stereocenters. The predicted molar refractivity (Wildman–Crippen MR) is 244 cm³/mol. The van der Waals surface area contributed by atoms with E-state index in [2.05, 4.69) is 72.1 Å². The Bertz CT molecular complexity index is 1560. The van der Waals surface area contributed by atoms with Crippen LogP contribution in [0.2, 0.25) is 0 Å². The summed E-state index contributed by atoms with van der Waals surface area (Å²) in [6.45, 7) is 7.56. The lowest BCUT2D eigenvalue weighted by molar-refractivity contribution is -0.141. The summed E-state index contributed by atoms with van der Waals surface area (Å²) in [6.07, 6.45) is 1.56. The van der Waals surface area contributed by atoms with Gasteiger partial charge in [-0.3, -0.25) is 43.7 Å². The summed E-state index contributed by atoms with van der Waals surface area (Å²) in [5, 5.41) is 24.9. The molecule has 0 aliphatic rings. The van der Waals surface area contributed by atoms with Crippen molar-refractivity contribution in [1.29, 1.82) is 0 Å². The lowest BCUT2D eigenvalue weighted by Gasteiger charge is -2.30. The van der Waals surface area contributed by atoms with Gasteiger partial charge in [-0.15, -0.1) is 0 Å². The number of amides is 6. The first-order valence-electron chi connectivity index (χ1n) is 20.3. The van der Waals surface area contributed by atoms with Crippen LogP contribution in [0, 0.1) is 11.8 Å². The van der Waals surface area contributed by atoms with E-state index in [9.17, 15) is 38.7 Å². The van der Waals surface area contributed by atoms with Gasteiger partial charge in [0.25, 0.3) is 0 Å². The molecule has 0 aromatic rings. The van der Waals surface area contributed by atoms with Crippen LogP contribution in [0.3, 0.4) is 0 Å². The maximum atomic E-state index is 14.1. The standard InChI is InChI=1S/C36H70N16O8S2/c1-5-19(4)26(32(58)49-23(15-18(2)3)30(56)50-24(16-61)31(57)51-25(17-62)33(59)60)52-29(55)22(11-8-14-46-36(42)43)48-28(54)21(10-7-13-45-35(40)41)47-27(53)20(37)9-6-12-44-34(38)39/h18-26,61-62H,5-17,37H2,1-4H3,(H,47,53)(H,48,54)(H,49,58)(H,50,56)(H,51,57)(H,52,55)(H,59,60)(H4,38,39,44)(H4,40,41,45)(H4,42,43,46)/t19-,20-,21-,22-,23-,24-,25-,26-/m0/s1. The van der Waals surface area contributed by atoms with Gasteiger partial charge in [0.2, 0.25) is 35.4 Å². The minimum Gasteiger partial charge on any atom is -0.480 e. The van der Waals surface area contributed by atoms with Crippen molar-refractivity contribution in [2.24, 2.45) is 66.9 Å². The number of nitrogens with zero attached hydrogens (tertiary/aromatic N) is 3. The van der Waals surface area contributed by atoms with Gasteiger partial charge < -0.3 is 77.1 Å². The molecule has 0 saturated carbocycles. The maximum Gasteiger partial charge on any atom is 0.327 e. The van der Waals surface area contributed by atoms with E-state index in [0.717, 1.165) is 0 Å². The van der Waals surface area contributed by atoms with E-state index in [-0.39, 0.29) is 93.5 Å². The molecule has 0 aromatic heterocycles. The van der Waals surface area contributed by atoms with Gasteiger partial charge in [0.15, 0.2) is 17.9 Å². The maximum absolute atomic E-state index is 14.1. The zero-order valence-electron chi connectivity index (χ0n) is 36.0. The molecule has 62 heavy (non-hydrogen) atoms. The highest BCUT2D eigenvalue weighted by atomic mass is 32.1. The molecular weight excluding hydrogens is 849 g/mol. The summed E-state index contributed by atoms with van der Waals surface area (Å²) in [5.41, 5.74) is 38.6. The van der Waals surface area contributed by atoms with Crippen molar-refractivity contribution in [2.75, 3.05) is 31.1 Å². The van der Waals surface area contributed by atoms with Crippen LogP contribution < -0.4 is 72.0 Å². The van der Waals surface area contributed by atoms with Crippen LogP contribution in [0.15, 0.2) is 15.0 Å². The molecule has 0 aliphatic carbocycles. The Morgan fingerprint density at radius 2 is 0.903 bits per heavy atom. The number of hydrogen-bond donors (Lipinski definition) is 16. The summed E-state index contributed by atoms with van der Waals surface area (Å²) in [6, 6.07) is -8.53. The van der Waals surface area contributed by atoms with Crippen molar-refractivity contribution in [3.05, 3.63) is 0 Å². The number of nitrogens with two attached hydrogens (primary N) is 7. The van der Waals surface area contributed by atoms with Crippen LogP contribution >= 0.6 is 25.3 Å². The molecule has 0 aliphatic heterocycles. The Hall–Kier alpha value is -5.24. The molecule has 0 spiro atoms. The Labute approximate surface area is 373 Å². The van der Waals surface area contributed by atoms with Gasteiger partial charge in [-0.2, -0.15) is 25.3 Å². The minimum atomic E-state index is -1.33. The number of carboxylic acids is 1. The van der Waals surface area contributed by atoms with E-state index < -0.39 is 89.6 Å². The van der Waals surface area contributed by atoms with Gasteiger partial charge in [0.05, 0.1) is 6.04 Å². The van der Waals surface area contributed by atoms with Crippen LogP contribution in [-0.2, 0) is 33.6 Å². The lowest BCUT2D eigenvalue weighted by Crippen LogP contribution is -2.61. The fourth-order valence-corrected chi connectivity index (χ4v) is 6.10. The van der Waals surface area contributed by atoms with Gasteiger partial charge in [-0.05, 0) is 56.8 Å². The first-order valence-corrected chi connectivity index (χ1v) is 21.5. The largest absolute Gasteiger partial charge is 0.480 e. The molecule has 0 rings (SSSR count). The van der Waals surface area contributed by atoms with E-state index >= 15 is 0 Å². The zero-order chi connectivity index (χ0) is 47.5. The highest BCUT2D eigenvalue weighted by Gasteiger charge is 2.35. The molecule has 0 fully saturated rings. The zero-order valence-corrected chi connectivity index (χ0v) is 37.8. The third-order valence-corrected chi connectivity index (χ3v) is 9.94. The molecule has 24 nitrogen and oxygen atoms in total. The SMILES string of the molecule is CC[C@H](C)[C@H](NC(=O)[C@H](CCCN=C(N)N)NC(=O)[C@H](CCCN=C(N)N)NC(=O)[C@@H](N)CCCN=C(N)N)C(=O)N[C@@H](CC(C)C)C(=O)N[C@@H](CS)C(=O)N[C@@H](CS)C(=O)O. The van der Waals surface area contributed by atoms with Crippen molar-refractivity contribution in [1.82, 2.24) is 31.9 Å². The quantitative estimate of drug-likeness (QED) is 0.0135. The average Bonchev–Trinajstić information content (AvgIpc) is 3.19. The van der Waals surface area contributed by atoms with Gasteiger partial charge in [-0.1, -0.05) is 34.1 Å². The molecule has 8 atom stereocenters. The molecular formula is C36H70N16O8S2. The molecule has 0 heterocycles. The summed E-state index contributed by atoms with van der Waals surface area (Å²) < 4.78 is 0. The van der Waals surface area contributed by atoms with Crippen molar-refractivity contribution in [3.63, 3.8) is 0 Å². The van der Waals surface area contributed by atoms with E-state index in [1.165, 1.54) is 0 Å². The van der Waals surface area contributed by atoms with Crippen LogP contribution in [0.4, 0.5) is 0 Å². The van der Waals surface area contributed by atoms with Crippen LogP contribution in [0.25, 0.3) is 0 Å². The van der Waals surface area contributed by atoms with Crippen molar-refractivity contribution in [3.8, 4) is 0 Å². The smallest absolute Gasteiger partial charge is 0.327 e. The Kier molecular flexibility index (Phi) is 28.1. The van der Waals surface area contributed by atoms with Gasteiger partial charge in [0.1, 0.15) is 36.3 Å². The molecule has 0 saturated heterocycles. The van der Waals surface area contributed by atoms with E-state index in [1.54, 1.807) is 13.8 Å². The molecule has 354 valence electrons. The predicted octanol–water partition coefficient (Wildman–Crippen LogP) is -4.58. The van der Waals surface area contributed by atoms with Gasteiger partial charge in [-0.25, -0.2) is 4.79 Å². The number of carbonyl (C=O) groups excluding carboxylic acids is 6. The number of hydrogen-bond acceptors (Lipinski definition) is 13. The number of thiol groups is 2. The van der Waals surface area contributed by atoms with Gasteiger partial charge in [0, 0.05) is 31.1 Å². The highest BCUT2D eigenvalue weighted by molar-refractivity contribution is 7.80. The van der Waals surface area contributed by atoms with E-state index in [4.69, 9.17) is 40.1 Å². The average molecular weight is 919 g/mol. The number of rotatable bonds is 31. The van der Waals surface area contributed by atoms with Crippen LogP contribution in [0.5, 0.6) is 0 Å². The molecule has 0 aromatic carbocycles. The van der Waals surface area contributed by atoms with Crippen molar-refractivity contribution < 1.29 is 38.7 Å². The van der Waals surface area contributed by atoms with Crippen LogP contribution in [0.1, 0.15) is 79.1 Å². The molecule has 21 N–H and O–H groups in total. The molecule has 6 amide bonds. The summed E-state index contributed by atoms with van der Waals surface area (Å²) in [5.74, 6) is -7.30. The fraction of sp³-hybridized carbons (Fsp3) is 0.722. The number of carbonyl (C=O) groups is 7. The second kappa shape index (κ2) is 30.7. The lowest BCUT2D eigenvalue weighted by atomic mass is 9.96. The summed E-state index contributed by atoms with van der Waals surface area (Å²) >= 11 is 8.08. The van der Waals surface area contributed by atoms with Crippen LogP contribution in [-0.4, -0.2) is 138 Å². The highest BCUT2D eigenvalue weighted by Crippen LogP contribution is 2.13. The van der Waals surface area contributed by atoms with Gasteiger partial charge >= 0.3 is 5.97 Å². The topological polar surface area (TPSA) is 431 Å². The molecule has 0 bridgehead atoms. The van der Waals surface area contributed by atoms with E-state index in [0.29, 0.717) is 12.8 Å². The van der Waals surface area contributed by atoms with Crippen molar-refractivity contribution in [2.45, 2.75) is 121 Å². The monoisotopic (exact) mass is 919 g/mol. The molecule has 26 heteroatoms. The number of nitrogens with one attached hydrogen (secondary N) is 6. The normalized spacial score (nSPS) is 14.8. The first-order chi connectivity index (χ1) is 29.1. The first kappa shape index (κ1) is 56.8. The summed E-state index contributed by atoms with van der Waals surface area (Å²) in [4.78, 5) is 105. The fourth-order valence-electron chi connectivity index (χ4n) is 5.59. The number of aliphatic carboxylic acids is 1. The third-order valence-electron chi connectivity index (χ3n) is 9.21. The Morgan fingerprint density at radius 3 is 1.32 bits per heavy atom. The Balaban J connectivity index is 6.50. The number of carboxylic acid groups (broad SMARTS) is 1. The number of aliphatic imine (C=N–C) groups is 3. The summed E-state index contributed by atoms with van der Waals surface area (Å²) in [7, 11) is 0. The second-order valence-electron chi connectivity index (χ2n) is 15.0. The second-order valence-corrected chi connectivity index (χ2v) is 15.7.